The number of esters is 2. The van der Waals surface area contributed by atoms with Crippen molar-refractivity contribution in [2.75, 3.05) is 26.4 Å². The minimum atomic E-state index is -1.23. The molecule has 0 heterocycles. The number of ether oxygens (including phenoxy) is 3. The summed E-state index contributed by atoms with van der Waals surface area (Å²) in [7, 11) is 0. The summed E-state index contributed by atoms with van der Waals surface area (Å²) in [6.45, 7) is 8.52. The molecule has 0 unspecified atom stereocenters. The van der Waals surface area contributed by atoms with Crippen LogP contribution in [0.25, 0.3) is 0 Å². The van der Waals surface area contributed by atoms with Crippen molar-refractivity contribution < 1.29 is 23.8 Å². The van der Waals surface area contributed by atoms with Gasteiger partial charge in [-0.25, -0.2) is 0 Å². The first-order valence-corrected chi connectivity index (χ1v) is 6.45. The van der Waals surface area contributed by atoms with E-state index in [1.165, 1.54) is 0 Å². The summed E-state index contributed by atoms with van der Waals surface area (Å²) in [4.78, 5) is 23.8. The largest absolute Gasteiger partial charge is 0.465 e. The van der Waals surface area contributed by atoms with E-state index in [0.29, 0.717) is 26.1 Å². The van der Waals surface area contributed by atoms with Gasteiger partial charge in [0.1, 0.15) is 0 Å². The van der Waals surface area contributed by atoms with E-state index in [9.17, 15) is 9.59 Å². The van der Waals surface area contributed by atoms with Crippen molar-refractivity contribution in [2.24, 2.45) is 5.41 Å². The molecule has 0 aliphatic carbocycles. The third-order valence-electron chi connectivity index (χ3n) is 2.62. The van der Waals surface area contributed by atoms with Gasteiger partial charge in [-0.15, -0.1) is 0 Å². The fourth-order valence-corrected chi connectivity index (χ4v) is 1.54. The molecular weight excluding hydrogens is 236 g/mol. The van der Waals surface area contributed by atoms with Crippen LogP contribution in [0, 0.1) is 5.41 Å². The Morgan fingerprint density at radius 2 is 1.44 bits per heavy atom. The fraction of sp³-hybridized carbons (Fsp3) is 0.846. The first-order valence-electron chi connectivity index (χ1n) is 6.45. The SMILES string of the molecule is CCOCCCC(C)(C(=O)OCC)C(=O)OCC. The van der Waals surface area contributed by atoms with E-state index >= 15 is 0 Å². The van der Waals surface area contributed by atoms with Crippen LogP contribution in [-0.4, -0.2) is 38.4 Å². The molecule has 0 aliphatic heterocycles. The van der Waals surface area contributed by atoms with Crippen LogP contribution in [0.5, 0.6) is 0 Å². The van der Waals surface area contributed by atoms with Gasteiger partial charge in [0.2, 0.25) is 0 Å². The maximum atomic E-state index is 11.9. The summed E-state index contributed by atoms with van der Waals surface area (Å²) < 4.78 is 15.1. The molecule has 0 aliphatic rings. The van der Waals surface area contributed by atoms with Crippen LogP contribution >= 0.6 is 0 Å². The van der Waals surface area contributed by atoms with E-state index < -0.39 is 17.4 Å². The maximum Gasteiger partial charge on any atom is 0.323 e. The zero-order valence-electron chi connectivity index (χ0n) is 11.8. The standard InChI is InChI=1S/C13H24O5/c1-5-16-10-8-9-13(4,11(14)17-6-2)12(15)18-7-3/h5-10H2,1-4H3. The monoisotopic (exact) mass is 260 g/mol. The Kier molecular flexibility index (Phi) is 8.37. The van der Waals surface area contributed by atoms with Crippen LogP contribution in [0.3, 0.4) is 0 Å². The summed E-state index contributed by atoms with van der Waals surface area (Å²) in [5, 5.41) is 0. The predicted octanol–water partition coefficient (Wildman–Crippen LogP) is 1.94. The molecule has 0 saturated carbocycles. The number of rotatable bonds is 9. The third-order valence-corrected chi connectivity index (χ3v) is 2.62. The van der Waals surface area contributed by atoms with Crippen LogP contribution in [0.1, 0.15) is 40.5 Å². The normalized spacial score (nSPS) is 11.1. The summed E-state index contributed by atoms with van der Waals surface area (Å²) in [5.74, 6) is -1.06. The summed E-state index contributed by atoms with van der Waals surface area (Å²) in [6, 6.07) is 0. The van der Waals surface area contributed by atoms with Gasteiger partial charge in [-0.05, 0) is 40.5 Å². The Hall–Kier alpha value is -1.10. The molecule has 5 heteroatoms. The summed E-state index contributed by atoms with van der Waals surface area (Å²) >= 11 is 0. The lowest BCUT2D eigenvalue weighted by Crippen LogP contribution is -2.39. The molecule has 106 valence electrons. The van der Waals surface area contributed by atoms with Crippen LogP contribution in [0.2, 0.25) is 0 Å². The molecule has 0 radical (unpaired) electrons. The van der Waals surface area contributed by atoms with E-state index in [1.807, 2.05) is 6.92 Å². The van der Waals surface area contributed by atoms with Crippen LogP contribution in [-0.2, 0) is 23.8 Å². The molecule has 0 aromatic rings. The average Bonchev–Trinajstić information content (AvgIpc) is 2.35. The lowest BCUT2D eigenvalue weighted by Gasteiger charge is -2.24. The van der Waals surface area contributed by atoms with Gasteiger partial charge in [-0.2, -0.15) is 0 Å². The molecule has 0 N–H and O–H groups in total. The lowest BCUT2D eigenvalue weighted by atomic mass is 9.85. The molecule has 0 aromatic heterocycles. The second-order valence-corrected chi connectivity index (χ2v) is 4.07. The minimum absolute atomic E-state index is 0.249. The van der Waals surface area contributed by atoms with Crippen molar-refractivity contribution in [1.29, 1.82) is 0 Å². The van der Waals surface area contributed by atoms with Crippen molar-refractivity contribution in [1.82, 2.24) is 0 Å². The van der Waals surface area contributed by atoms with E-state index in [4.69, 9.17) is 14.2 Å². The van der Waals surface area contributed by atoms with E-state index in [1.54, 1.807) is 20.8 Å². The molecule has 0 atom stereocenters. The highest BCUT2D eigenvalue weighted by Crippen LogP contribution is 2.27. The number of carbonyl (C=O) groups excluding carboxylic acids is 2. The molecule has 0 amide bonds. The van der Waals surface area contributed by atoms with Gasteiger partial charge in [-0.3, -0.25) is 9.59 Å². The predicted molar refractivity (Wildman–Crippen MR) is 67.1 cm³/mol. The maximum absolute atomic E-state index is 11.9. The molecule has 5 nitrogen and oxygen atoms in total. The minimum Gasteiger partial charge on any atom is -0.465 e. The quantitative estimate of drug-likeness (QED) is 0.360. The second-order valence-electron chi connectivity index (χ2n) is 4.07. The number of carbonyl (C=O) groups is 2. The Morgan fingerprint density at radius 3 is 1.83 bits per heavy atom. The Morgan fingerprint density at radius 1 is 0.944 bits per heavy atom. The highest BCUT2D eigenvalue weighted by Gasteiger charge is 2.43. The van der Waals surface area contributed by atoms with Gasteiger partial charge >= 0.3 is 11.9 Å². The topological polar surface area (TPSA) is 61.8 Å². The zero-order valence-corrected chi connectivity index (χ0v) is 11.8. The van der Waals surface area contributed by atoms with Crippen molar-refractivity contribution in [3.63, 3.8) is 0 Å². The van der Waals surface area contributed by atoms with Crippen molar-refractivity contribution >= 4 is 11.9 Å². The van der Waals surface area contributed by atoms with E-state index in [2.05, 4.69) is 0 Å². The molecule has 0 aromatic carbocycles. The molecular formula is C13H24O5. The Balaban J connectivity index is 4.58. The highest BCUT2D eigenvalue weighted by molar-refractivity contribution is 5.99. The third kappa shape index (κ3) is 5.04. The number of hydrogen-bond donors (Lipinski definition) is 0. The lowest BCUT2D eigenvalue weighted by molar-refractivity contribution is -0.171. The average molecular weight is 260 g/mol. The van der Waals surface area contributed by atoms with Crippen LogP contribution < -0.4 is 0 Å². The van der Waals surface area contributed by atoms with E-state index in [0.717, 1.165) is 0 Å². The molecule has 0 saturated heterocycles. The van der Waals surface area contributed by atoms with Crippen LogP contribution in [0.15, 0.2) is 0 Å². The van der Waals surface area contributed by atoms with Gasteiger partial charge in [0, 0.05) is 13.2 Å². The van der Waals surface area contributed by atoms with Gasteiger partial charge in [0.25, 0.3) is 0 Å². The van der Waals surface area contributed by atoms with Gasteiger partial charge in [0.15, 0.2) is 5.41 Å². The summed E-state index contributed by atoms with van der Waals surface area (Å²) in [5.41, 5.74) is -1.23. The van der Waals surface area contributed by atoms with Crippen molar-refractivity contribution in [3.8, 4) is 0 Å². The smallest absolute Gasteiger partial charge is 0.323 e. The highest BCUT2D eigenvalue weighted by atomic mass is 16.6. The Labute approximate surface area is 109 Å². The van der Waals surface area contributed by atoms with Crippen molar-refractivity contribution in [3.05, 3.63) is 0 Å². The van der Waals surface area contributed by atoms with Gasteiger partial charge in [0.05, 0.1) is 13.2 Å². The second kappa shape index (κ2) is 8.91. The van der Waals surface area contributed by atoms with Crippen LogP contribution in [0.4, 0.5) is 0 Å². The van der Waals surface area contributed by atoms with E-state index in [-0.39, 0.29) is 13.2 Å². The molecule has 0 bridgehead atoms. The van der Waals surface area contributed by atoms with Gasteiger partial charge in [-0.1, -0.05) is 0 Å². The Bertz CT molecular complexity index is 244. The first-order chi connectivity index (χ1) is 8.52. The molecule has 0 fully saturated rings. The molecule has 18 heavy (non-hydrogen) atoms. The number of hydrogen-bond acceptors (Lipinski definition) is 5. The summed E-state index contributed by atoms with van der Waals surface area (Å²) in [6.07, 6.45) is 0.979. The first kappa shape index (κ1) is 16.9. The van der Waals surface area contributed by atoms with Gasteiger partial charge < -0.3 is 14.2 Å². The fourth-order valence-electron chi connectivity index (χ4n) is 1.54. The zero-order chi connectivity index (χ0) is 14.0. The molecule has 0 rings (SSSR count). The molecule has 0 spiro atoms. The van der Waals surface area contributed by atoms with Crippen molar-refractivity contribution in [2.45, 2.75) is 40.5 Å².